The SMILES string of the molecule is COc1ccc(NC(=O)c2cc(C(C)C)[nH]n2)cc1Cl. The van der Waals surface area contributed by atoms with Crippen molar-refractivity contribution in [3.05, 3.63) is 40.7 Å². The summed E-state index contributed by atoms with van der Waals surface area (Å²) in [6, 6.07) is 6.79. The van der Waals surface area contributed by atoms with Crippen LogP contribution in [0.4, 0.5) is 5.69 Å². The summed E-state index contributed by atoms with van der Waals surface area (Å²) in [4.78, 5) is 12.0. The number of H-pyrrole nitrogens is 1. The molecule has 6 heteroatoms. The summed E-state index contributed by atoms with van der Waals surface area (Å²) in [5, 5.41) is 10.0. The molecule has 0 fully saturated rings. The predicted octanol–water partition coefficient (Wildman–Crippen LogP) is 3.45. The molecule has 2 aromatic rings. The summed E-state index contributed by atoms with van der Waals surface area (Å²) in [6.45, 7) is 4.05. The smallest absolute Gasteiger partial charge is 0.276 e. The number of methoxy groups -OCH3 is 1. The number of ether oxygens (including phenoxy) is 1. The van der Waals surface area contributed by atoms with Gasteiger partial charge in [0.15, 0.2) is 5.69 Å². The van der Waals surface area contributed by atoms with Crippen LogP contribution in [0.5, 0.6) is 5.75 Å². The van der Waals surface area contributed by atoms with Gasteiger partial charge in [-0.2, -0.15) is 5.10 Å². The number of halogens is 1. The van der Waals surface area contributed by atoms with Crippen molar-refractivity contribution in [1.82, 2.24) is 10.2 Å². The molecule has 0 aliphatic rings. The Morgan fingerprint density at radius 3 is 2.70 bits per heavy atom. The van der Waals surface area contributed by atoms with E-state index in [0.29, 0.717) is 28.1 Å². The lowest BCUT2D eigenvalue weighted by atomic mass is 10.1. The number of nitrogens with one attached hydrogen (secondary N) is 2. The molecule has 0 spiro atoms. The van der Waals surface area contributed by atoms with E-state index >= 15 is 0 Å². The van der Waals surface area contributed by atoms with Gasteiger partial charge in [-0.1, -0.05) is 25.4 Å². The number of amides is 1. The molecule has 0 aliphatic carbocycles. The van der Waals surface area contributed by atoms with Crippen LogP contribution in [0.1, 0.15) is 35.9 Å². The molecule has 0 unspecified atom stereocenters. The Labute approximate surface area is 122 Å². The molecule has 0 radical (unpaired) electrons. The number of nitrogens with zero attached hydrogens (tertiary/aromatic N) is 1. The van der Waals surface area contributed by atoms with E-state index in [9.17, 15) is 4.79 Å². The van der Waals surface area contributed by atoms with Crippen LogP contribution in [-0.2, 0) is 0 Å². The number of hydrogen-bond acceptors (Lipinski definition) is 3. The topological polar surface area (TPSA) is 67.0 Å². The normalized spacial score (nSPS) is 10.7. The summed E-state index contributed by atoms with van der Waals surface area (Å²) in [5.74, 6) is 0.570. The standard InChI is InChI=1S/C14H16ClN3O2/c1-8(2)11-7-12(18-17-11)14(19)16-9-4-5-13(20-3)10(15)6-9/h4-8H,1-3H3,(H,16,19)(H,17,18). The van der Waals surface area contributed by atoms with Gasteiger partial charge in [0.25, 0.3) is 5.91 Å². The van der Waals surface area contributed by atoms with Gasteiger partial charge in [-0.15, -0.1) is 0 Å². The van der Waals surface area contributed by atoms with E-state index in [2.05, 4.69) is 15.5 Å². The van der Waals surface area contributed by atoms with Crippen molar-refractivity contribution < 1.29 is 9.53 Å². The van der Waals surface area contributed by atoms with Gasteiger partial charge in [0.2, 0.25) is 0 Å². The van der Waals surface area contributed by atoms with Gasteiger partial charge in [-0.25, -0.2) is 0 Å². The summed E-state index contributed by atoms with van der Waals surface area (Å²) < 4.78 is 5.06. The average molecular weight is 294 g/mol. The Kier molecular flexibility index (Phi) is 4.29. The highest BCUT2D eigenvalue weighted by Gasteiger charge is 2.13. The molecule has 0 saturated heterocycles. The van der Waals surface area contributed by atoms with E-state index < -0.39 is 0 Å². The maximum absolute atomic E-state index is 12.0. The van der Waals surface area contributed by atoms with Crippen LogP contribution < -0.4 is 10.1 Å². The second-order valence-corrected chi connectivity index (χ2v) is 5.07. The van der Waals surface area contributed by atoms with Crippen LogP contribution in [0.25, 0.3) is 0 Å². The van der Waals surface area contributed by atoms with Crippen molar-refractivity contribution in [3.63, 3.8) is 0 Å². The first-order valence-electron chi connectivity index (χ1n) is 6.21. The maximum atomic E-state index is 12.0. The second kappa shape index (κ2) is 5.96. The zero-order chi connectivity index (χ0) is 14.7. The van der Waals surface area contributed by atoms with Crippen LogP contribution >= 0.6 is 11.6 Å². The van der Waals surface area contributed by atoms with E-state index in [1.807, 2.05) is 13.8 Å². The zero-order valence-corrected chi connectivity index (χ0v) is 12.3. The first-order valence-corrected chi connectivity index (χ1v) is 6.59. The summed E-state index contributed by atoms with van der Waals surface area (Å²) in [7, 11) is 1.54. The minimum absolute atomic E-state index is 0.283. The van der Waals surface area contributed by atoms with Gasteiger partial charge in [0, 0.05) is 11.4 Å². The molecule has 2 rings (SSSR count). The molecule has 2 N–H and O–H groups in total. The van der Waals surface area contributed by atoms with E-state index in [1.165, 1.54) is 7.11 Å². The fraction of sp³-hybridized carbons (Fsp3) is 0.286. The monoisotopic (exact) mass is 293 g/mol. The van der Waals surface area contributed by atoms with E-state index in [1.54, 1.807) is 24.3 Å². The fourth-order valence-corrected chi connectivity index (χ4v) is 1.95. The lowest BCUT2D eigenvalue weighted by molar-refractivity contribution is 0.102. The molecule has 0 bridgehead atoms. The first kappa shape index (κ1) is 14.4. The molecular formula is C14H16ClN3O2. The molecule has 0 saturated carbocycles. The average Bonchev–Trinajstić information content (AvgIpc) is 2.88. The van der Waals surface area contributed by atoms with Crippen molar-refractivity contribution in [2.45, 2.75) is 19.8 Å². The van der Waals surface area contributed by atoms with Crippen molar-refractivity contribution in [3.8, 4) is 5.75 Å². The Balaban J connectivity index is 2.12. The van der Waals surface area contributed by atoms with E-state index in [4.69, 9.17) is 16.3 Å². The Bertz CT molecular complexity index is 623. The van der Waals surface area contributed by atoms with Crippen LogP contribution in [0, 0.1) is 0 Å². The number of rotatable bonds is 4. The van der Waals surface area contributed by atoms with Crippen molar-refractivity contribution >= 4 is 23.2 Å². The molecular weight excluding hydrogens is 278 g/mol. The molecule has 5 nitrogen and oxygen atoms in total. The highest BCUT2D eigenvalue weighted by Crippen LogP contribution is 2.27. The number of anilines is 1. The molecule has 106 valence electrons. The van der Waals surface area contributed by atoms with Crippen molar-refractivity contribution in [2.75, 3.05) is 12.4 Å². The molecule has 1 aromatic heterocycles. The number of benzene rings is 1. The third-order valence-electron chi connectivity index (χ3n) is 2.86. The first-order chi connectivity index (χ1) is 9.51. The lowest BCUT2D eigenvalue weighted by Crippen LogP contribution is -2.12. The number of carbonyl (C=O) groups is 1. The summed E-state index contributed by atoms with van der Waals surface area (Å²) in [6.07, 6.45) is 0. The largest absolute Gasteiger partial charge is 0.495 e. The maximum Gasteiger partial charge on any atom is 0.276 e. The number of aromatic nitrogens is 2. The van der Waals surface area contributed by atoms with Crippen LogP contribution in [0.2, 0.25) is 5.02 Å². The lowest BCUT2D eigenvalue weighted by Gasteiger charge is -2.06. The van der Waals surface area contributed by atoms with Crippen molar-refractivity contribution in [1.29, 1.82) is 0 Å². The molecule has 1 amide bonds. The predicted molar refractivity (Wildman–Crippen MR) is 78.6 cm³/mol. The quantitative estimate of drug-likeness (QED) is 0.907. The minimum atomic E-state index is -0.283. The van der Waals surface area contributed by atoms with Gasteiger partial charge in [-0.05, 0) is 30.2 Å². The van der Waals surface area contributed by atoms with Crippen LogP contribution in [0.15, 0.2) is 24.3 Å². The highest BCUT2D eigenvalue weighted by atomic mass is 35.5. The fourth-order valence-electron chi connectivity index (χ4n) is 1.69. The Hall–Kier alpha value is -2.01. The molecule has 20 heavy (non-hydrogen) atoms. The van der Waals surface area contributed by atoms with Crippen LogP contribution in [-0.4, -0.2) is 23.2 Å². The highest BCUT2D eigenvalue weighted by molar-refractivity contribution is 6.32. The Morgan fingerprint density at radius 2 is 2.15 bits per heavy atom. The number of carbonyl (C=O) groups excluding carboxylic acids is 1. The van der Waals surface area contributed by atoms with E-state index in [0.717, 1.165) is 5.69 Å². The third-order valence-corrected chi connectivity index (χ3v) is 3.16. The Morgan fingerprint density at radius 1 is 1.40 bits per heavy atom. The number of hydrogen-bond donors (Lipinski definition) is 2. The molecule has 0 atom stereocenters. The van der Waals surface area contributed by atoms with E-state index in [-0.39, 0.29) is 5.91 Å². The number of aromatic amines is 1. The van der Waals surface area contributed by atoms with Crippen molar-refractivity contribution in [2.24, 2.45) is 0 Å². The van der Waals surface area contributed by atoms with Gasteiger partial charge >= 0.3 is 0 Å². The third kappa shape index (κ3) is 3.11. The molecule has 1 heterocycles. The summed E-state index contributed by atoms with van der Waals surface area (Å²) in [5.41, 5.74) is 1.86. The van der Waals surface area contributed by atoms with Gasteiger partial charge < -0.3 is 10.1 Å². The second-order valence-electron chi connectivity index (χ2n) is 4.67. The molecule has 0 aliphatic heterocycles. The van der Waals surface area contributed by atoms with Gasteiger partial charge in [0.1, 0.15) is 5.75 Å². The van der Waals surface area contributed by atoms with Gasteiger partial charge in [-0.3, -0.25) is 9.89 Å². The van der Waals surface area contributed by atoms with Gasteiger partial charge in [0.05, 0.1) is 12.1 Å². The molecule has 1 aromatic carbocycles. The van der Waals surface area contributed by atoms with Crippen LogP contribution in [0.3, 0.4) is 0 Å². The zero-order valence-electron chi connectivity index (χ0n) is 11.5. The minimum Gasteiger partial charge on any atom is -0.495 e. The summed E-state index contributed by atoms with van der Waals surface area (Å²) >= 11 is 6.01.